The van der Waals surface area contributed by atoms with Gasteiger partial charge in [-0.3, -0.25) is 0 Å². The second-order valence-corrected chi connectivity index (χ2v) is 2.29. The van der Waals surface area contributed by atoms with E-state index in [4.69, 9.17) is 9.47 Å². The molecular weight excluding hydrogens is 130 g/mol. The van der Waals surface area contributed by atoms with E-state index in [1.807, 2.05) is 14.0 Å². The summed E-state index contributed by atoms with van der Waals surface area (Å²) in [6.07, 6.45) is 0.199. The molecule has 1 N–H and O–H groups in total. The minimum absolute atomic E-state index is 0.199. The predicted octanol–water partition coefficient (Wildman–Crippen LogP) is 0.256. The molecular formula is C7H17NO2. The third-order valence-corrected chi connectivity index (χ3v) is 1.66. The first-order valence-corrected chi connectivity index (χ1v) is 3.45. The van der Waals surface area contributed by atoms with Gasteiger partial charge in [0.15, 0.2) is 0 Å². The van der Waals surface area contributed by atoms with Crippen molar-refractivity contribution in [3.05, 3.63) is 0 Å². The summed E-state index contributed by atoms with van der Waals surface area (Å²) in [7, 11) is 5.29. The van der Waals surface area contributed by atoms with Crippen LogP contribution in [0.15, 0.2) is 0 Å². The topological polar surface area (TPSA) is 30.5 Å². The Labute approximate surface area is 62.7 Å². The SMILES string of the molecule is CNC(COC)C(C)OC. The van der Waals surface area contributed by atoms with Gasteiger partial charge in [0.2, 0.25) is 0 Å². The lowest BCUT2D eigenvalue weighted by Crippen LogP contribution is -2.40. The van der Waals surface area contributed by atoms with E-state index in [-0.39, 0.29) is 12.1 Å². The maximum absolute atomic E-state index is 5.11. The minimum atomic E-state index is 0.199. The molecule has 0 aliphatic heterocycles. The van der Waals surface area contributed by atoms with Gasteiger partial charge in [-0.1, -0.05) is 0 Å². The Morgan fingerprint density at radius 2 is 2.00 bits per heavy atom. The molecule has 3 heteroatoms. The molecule has 0 aliphatic carbocycles. The lowest BCUT2D eigenvalue weighted by molar-refractivity contribution is 0.0487. The second kappa shape index (κ2) is 5.65. The van der Waals surface area contributed by atoms with Gasteiger partial charge < -0.3 is 14.8 Å². The lowest BCUT2D eigenvalue weighted by Gasteiger charge is -2.20. The fourth-order valence-electron chi connectivity index (χ4n) is 0.797. The zero-order chi connectivity index (χ0) is 7.98. The first-order valence-electron chi connectivity index (χ1n) is 3.45. The monoisotopic (exact) mass is 147 g/mol. The van der Waals surface area contributed by atoms with E-state index >= 15 is 0 Å². The van der Waals surface area contributed by atoms with Gasteiger partial charge >= 0.3 is 0 Å². The Kier molecular flexibility index (Phi) is 5.58. The van der Waals surface area contributed by atoms with Crippen LogP contribution in [0.4, 0.5) is 0 Å². The van der Waals surface area contributed by atoms with Gasteiger partial charge in [0, 0.05) is 14.2 Å². The van der Waals surface area contributed by atoms with E-state index in [1.165, 1.54) is 0 Å². The minimum Gasteiger partial charge on any atom is -0.383 e. The molecule has 2 atom stereocenters. The van der Waals surface area contributed by atoms with Crippen molar-refractivity contribution in [2.75, 3.05) is 27.9 Å². The molecule has 0 bridgehead atoms. The number of methoxy groups -OCH3 is 2. The Balaban J connectivity index is 3.56. The van der Waals surface area contributed by atoms with Crippen molar-refractivity contribution < 1.29 is 9.47 Å². The molecule has 0 rings (SSSR count). The van der Waals surface area contributed by atoms with Crippen molar-refractivity contribution in [1.82, 2.24) is 5.32 Å². The first-order chi connectivity index (χ1) is 4.76. The lowest BCUT2D eigenvalue weighted by atomic mass is 10.2. The fraction of sp³-hybridized carbons (Fsp3) is 1.00. The third-order valence-electron chi connectivity index (χ3n) is 1.66. The first kappa shape index (κ1) is 9.88. The molecule has 0 aromatic rings. The Hall–Kier alpha value is -0.120. The van der Waals surface area contributed by atoms with E-state index in [0.717, 1.165) is 0 Å². The van der Waals surface area contributed by atoms with Crippen LogP contribution in [0.5, 0.6) is 0 Å². The molecule has 3 nitrogen and oxygen atoms in total. The molecule has 0 amide bonds. The highest BCUT2D eigenvalue weighted by atomic mass is 16.5. The van der Waals surface area contributed by atoms with Gasteiger partial charge in [-0.25, -0.2) is 0 Å². The van der Waals surface area contributed by atoms with Crippen LogP contribution in [0.2, 0.25) is 0 Å². The number of rotatable bonds is 5. The molecule has 62 valence electrons. The normalized spacial score (nSPS) is 16.8. The van der Waals surface area contributed by atoms with Gasteiger partial charge in [0.05, 0.1) is 18.8 Å². The van der Waals surface area contributed by atoms with E-state index in [2.05, 4.69) is 5.32 Å². The maximum Gasteiger partial charge on any atom is 0.0718 e. The van der Waals surface area contributed by atoms with E-state index in [1.54, 1.807) is 14.2 Å². The van der Waals surface area contributed by atoms with Crippen molar-refractivity contribution in [2.24, 2.45) is 0 Å². The summed E-state index contributed by atoms with van der Waals surface area (Å²) in [6, 6.07) is 0.287. The van der Waals surface area contributed by atoms with Crippen molar-refractivity contribution in [3.8, 4) is 0 Å². The van der Waals surface area contributed by atoms with Crippen LogP contribution in [0, 0.1) is 0 Å². The summed E-state index contributed by atoms with van der Waals surface area (Å²) in [6.45, 7) is 2.70. The smallest absolute Gasteiger partial charge is 0.0718 e. The summed E-state index contributed by atoms with van der Waals surface area (Å²) < 4.78 is 10.1. The van der Waals surface area contributed by atoms with E-state index < -0.39 is 0 Å². The van der Waals surface area contributed by atoms with Crippen molar-refractivity contribution in [1.29, 1.82) is 0 Å². The molecule has 0 saturated carbocycles. The number of ether oxygens (including phenoxy) is 2. The van der Waals surface area contributed by atoms with Gasteiger partial charge in [-0.05, 0) is 14.0 Å². The zero-order valence-electron chi connectivity index (χ0n) is 7.18. The second-order valence-electron chi connectivity index (χ2n) is 2.29. The zero-order valence-corrected chi connectivity index (χ0v) is 7.18. The number of hydrogen-bond acceptors (Lipinski definition) is 3. The van der Waals surface area contributed by atoms with Gasteiger partial charge in [0.25, 0.3) is 0 Å². The third kappa shape index (κ3) is 3.15. The van der Waals surface area contributed by atoms with E-state index in [9.17, 15) is 0 Å². The molecule has 0 radical (unpaired) electrons. The van der Waals surface area contributed by atoms with Crippen LogP contribution >= 0.6 is 0 Å². The molecule has 0 heterocycles. The standard InChI is InChI=1S/C7H17NO2/c1-6(10-4)7(8-2)5-9-3/h6-8H,5H2,1-4H3. The Bertz CT molecular complexity index is 78.0. The average Bonchev–Trinajstić information content (AvgIpc) is 1.99. The summed E-state index contributed by atoms with van der Waals surface area (Å²) in [5, 5.41) is 3.10. The van der Waals surface area contributed by atoms with Crippen LogP contribution in [-0.4, -0.2) is 40.0 Å². The summed E-state index contributed by atoms with van der Waals surface area (Å²) in [5.74, 6) is 0. The molecule has 0 aliphatic rings. The molecule has 0 spiro atoms. The van der Waals surface area contributed by atoms with Crippen molar-refractivity contribution in [2.45, 2.75) is 19.1 Å². The Morgan fingerprint density at radius 3 is 2.30 bits per heavy atom. The molecule has 0 aromatic heterocycles. The maximum atomic E-state index is 5.11. The summed E-state index contributed by atoms with van der Waals surface area (Å²) >= 11 is 0. The molecule has 0 saturated heterocycles. The highest BCUT2D eigenvalue weighted by Gasteiger charge is 2.13. The molecule has 10 heavy (non-hydrogen) atoms. The van der Waals surface area contributed by atoms with Gasteiger partial charge in [-0.2, -0.15) is 0 Å². The summed E-state index contributed by atoms with van der Waals surface area (Å²) in [5.41, 5.74) is 0. The van der Waals surface area contributed by atoms with E-state index in [0.29, 0.717) is 6.61 Å². The van der Waals surface area contributed by atoms with Crippen molar-refractivity contribution >= 4 is 0 Å². The summed E-state index contributed by atoms with van der Waals surface area (Å²) in [4.78, 5) is 0. The highest BCUT2D eigenvalue weighted by Crippen LogP contribution is 1.96. The van der Waals surface area contributed by atoms with Crippen LogP contribution in [0.25, 0.3) is 0 Å². The average molecular weight is 147 g/mol. The van der Waals surface area contributed by atoms with Crippen molar-refractivity contribution in [3.63, 3.8) is 0 Å². The number of nitrogens with one attached hydrogen (secondary N) is 1. The van der Waals surface area contributed by atoms with Gasteiger partial charge in [-0.15, -0.1) is 0 Å². The fourth-order valence-corrected chi connectivity index (χ4v) is 0.797. The number of likely N-dealkylation sites (N-methyl/N-ethyl adjacent to an activating group) is 1. The molecule has 0 aromatic carbocycles. The highest BCUT2D eigenvalue weighted by molar-refractivity contribution is 4.70. The van der Waals surface area contributed by atoms with Crippen LogP contribution in [0.1, 0.15) is 6.92 Å². The molecule has 0 fully saturated rings. The Morgan fingerprint density at radius 1 is 1.40 bits per heavy atom. The number of hydrogen-bond donors (Lipinski definition) is 1. The predicted molar refractivity (Wildman–Crippen MR) is 41.2 cm³/mol. The van der Waals surface area contributed by atoms with Gasteiger partial charge in [0.1, 0.15) is 0 Å². The van der Waals surface area contributed by atoms with Crippen LogP contribution in [-0.2, 0) is 9.47 Å². The van der Waals surface area contributed by atoms with Crippen LogP contribution < -0.4 is 5.32 Å². The molecule has 2 unspecified atom stereocenters. The van der Waals surface area contributed by atoms with Crippen LogP contribution in [0.3, 0.4) is 0 Å². The quantitative estimate of drug-likeness (QED) is 0.605. The largest absolute Gasteiger partial charge is 0.383 e.